The van der Waals surface area contributed by atoms with Gasteiger partial charge in [-0.15, -0.1) is 0 Å². The number of nitrogens with zero attached hydrogens (tertiary/aromatic N) is 2. The zero-order valence-electron chi connectivity index (χ0n) is 13.0. The van der Waals surface area contributed by atoms with E-state index in [2.05, 4.69) is 5.32 Å². The first-order valence-electron chi connectivity index (χ1n) is 6.92. The molecule has 0 fully saturated rings. The highest BCUT2D eigenvalue weighted by Crippen LogP contribution is 2.37. The van der Waals surface area contributed by atoms with E-state index < -0.39 is 17.6 Å². The summed E-state index contributed by atoms with van der Waals surface area (Å²) in [4.78, 5) is 13.7. The third-order valence-electron chi connectivity index (χ3n) is 3.33. The van der Waals surface area contributed by atoms with Crippen molar-refractivity contribution in [3.05, 3.63) is 59.2 Å². The van der Waals surface area contributed by atoms with Crippen LogP contribution in [-0.2, 0) is 6.18 Å². The minimum atomic E-state index is -4.61. The van der Waals surface area contributed by atoms with Gasteiger partial charge in [0.25, 0.3) is 5.91 Å². The first-order valence-corrected chi connectivity index (χ1v) is 6.92. The molecule has 0 atom stereocenters. The molecule has 0 aliphatic heterocycles. The fourth-order valence-corrected chi connectivity index (χ4v) is 2.08. The number of hydrogen-bond donors (Lipinski definition) is 1. The lowest BCUT2D eigenvalue weighted by atomic mass is 10.1. The molecule has 4 nitrogen and oxygen atoms in total. The highest BCUT2D eigenvalue weighted by Gasteiger charge is 2.34. The molecule has 124 valence electrons. The van der Waals surface area contributed by atoms with Gasteiger partial charge in [0.1, 0.15) is 0 Å². The van der Waals surface area contributed by atoms with Gasteiger partial charge in [-0.2, -0.15) is 18.4 Å². The summed E-state index contributed by atoms with van der Waals surface area (Å²) in [5.41, 5.74) is -0.536. The van der Waals surface area contributed by atoms with Crippen molar-refractivity contribution in [2.24, 2.45) is 0 Å². The maximum atomic E-state index is 13.3. The highest BCUT2D eigenvalue weighted by atomic mass is 19.4. The van der Waals surface area contributed by atoms with Crippen molar-refractivity contribution in [2.45, 2.75) is 6.18 Å². The number of carbonyl (C=O) groups excluding carboxylic acids is 1. The van der Waals surface area contributed by atoms with E-state index in [9.17, 15) is 18.0 Å². The molecular weight excluding hydrogens is 319 g/mol. The summed E-state index contributed by atoms with van der Waals surface area (Å²) in [7, 11) is 3.25. The first-order chi connectivity index (χ1) is 11.2. The Morgan fingerprint density at radius 2 is 1.88 bits per heavy atom. The molecule has 1 amide bonds. The molecule has 2 rings (SSSR count). The first kappa shape index (κ1) is 17.3. The van der Waals surface area contributed by atoms with Crippen LogP contribution in [0.2, 0.25) is 0 Å². The van der Waals surface area contributed by atoms with Crippen LogP contribution in [0.15, 0.2) is 42.5 Å². The second kappa shape index (κ2) is 6.62. The lowest BCUT2D eigenvalue weighted by molar-refractivity contribution is -0.136. The average Bonchev–Trinajstić information content (AvgIpc) is 2.54. The minimum absolute atomic E-state index is 0.110. The summed E-state index contributed by atoms with van der Waals surface area (Å²) in [6.45, 7) is 0. The van der Waals surface area contributed by atoms with Gasteiger partial charge in [0.15, 0.2) is 0 Å². The van der Waals surface area contributed by atoms with E-state index >= 15 is 0 Å². The Balaban J connectivity index is 2.38. The second-order valence-electron chi connectivity index (χ2n) is 5.27. The number of anilines is 2. The fraction of sp³-hybridized carbons (Fsp3) is 0.176. The normalized spacial score (nSPS) is 10.8. The van der Waals surface area contributed by atoms with Gasteiger partial charge in [-0.1, -0.05) is 6.07 Å². The average molecular weight is 333 g/mol. The van der Waals surface area contributed by atoms with Crippen LogP contribution in [0.5, 0.6) is 0 Å². The number of benzene rings is 2. The largest absolute Gasteiger partial charge is 0.418 e. The zero-order chi connectivity index (χ0) is 17.9. The Morgan fingerprint density at radius 1 is 1.17 bits per heavy atom. The van der Waals surface area contributed by atoms with Crippen LogP contribution >= 0.6 is 0 Å². The third-order valence-corrected chi connectivity index (χ3v) is 3.33. The van der Waals surface area contributed by atoms with Crippen LogP contribution in [0.4, 0.5) is 24.5 Å². The van der Waals surface area contributed by atoms with Crippen molar-refractivity contribution >= 4 is 17.3 Å². The lowest BCUT2D eigenvalue weighted by Crippen LogP contribution is -2.18. The van der Waals surface area contributed by atoms with Crippen LogP contribution < -0.4 is 10.2 Å². The van der Waals surface area contributed by atoms with Crippen molar-refractivity contribution in [1.29, 1.82) is 5.26 Å². The summed E-state index contributed by atoms with van der Waals surface area (Å²) in [6, 6.07) is 11.3. The molecule has 0 saturated carbocycles. The number of halogens is 3. The monoisotopic (exact) mass is 333 g/mol. The van der Waals surface area contributed by atoms with E-state index in [-0.39, 0.29) is 16.8 Å². The van der Waals surface area contributed by atoms with E-state index in [4.69, 9.17) is 5.26 Å². The molecule has 0 spiro atoms. The maximum absolute atomic E-state index is 13.3. The Hall–Kier alpha value is -3.01. The van der Waals surface area contributed by atoms with Crippen LogP contribution in [-0.4, -0.2) is 20.0 Å². The molecule has 2 aromatic carbocycles. The molecule has 0 aliphatic carbocycles. The molecule has 0 radical (unpaired) electrons. The Labute approximate surface area is 137 Å². The standard InChI is InChI=1S/C17H14F3N3O/c1-23(2)13-6-7-15(14(9-13)17(18,19)20)22-16(24)12-5-3-4-11(8-12)10-21/h3-9H,1-2H3,(H,22,24). The third kappa shape index (κ3) is 3.84. The summed E-state index contributed by atoms with van der Waals surface area (Å²) < 4.78 is 39.8. The van der Waals surface area contributed by atoms with E-state index in [0.29, 0.717) is 5.69 Å². The van der Waals surface area contributed by atoms with Crippen molar-refractivity contribution in [3.8, 4) is 6.07 Å². The fourth-order valence-electron chi connectivity index (χ4n) is 2.08. The number of nitriles is 1. The van der Waals surface area contributed by atoms with E-state index in [1.54, 1.807) is 14.1 Å². The molecule has 0 aromatic heterocycles. The second-order valence-corrected chi connectivity index (χ2v) is 5.27. The van der Waals surface area contributed by atoms with Crippen molar-refractivity contribution in [3.63, 3.8) is 0 Å². The van der Waals surface area contributed by atoms with Gasteiger partial charge in [0, 0.05) is 25.3 Å². The number of hydrogen-bond acceptors (Lipinski definition) is 3. The van der Waals surface area contributed by atoms with E-state index in [0.717, 1.165) is 6.07 Å². The summed E-state index contributed by atoms with van der Waals surface area (Å²) in [5, 5.41) is 11.1. The van der Waals surface area contributed by atoms with E-state index in [1.807, 2.05) is 6.07 Å². The maximum Gasteiger partial charge on any atom is 0.418 e. The van der Waals surface area contributed by atoms with Crippen LogP contribution in [0.25, 0.3) is 0 Å². The molecule has 0 unspecified atom stereocenters. The molecule has 1 N–H and O–H groups in total. The highest BCUT2D eigenvalue weighted by molar-refractivity contribution is 6.05. The Kier molecular flexibility index (Phi) is 4.79. The van der Waals surface area contributed by atoms with Gasteiger partial charge in [0.05, 0.1) is 22.9 Å². The van der Waals surface area contributed by atoms with Gasteiger partial charge in [-0.3, -0.25) is 4.79 Å². The Morgan fingerprint density at radius 3 is 2.46 bits per heavy atom. The van der Waals surface area contributed by atoms with Crippen molar-refractivity contribution in [1.82, 2.24) is 0 Å². The smallest absolute Gasteiger partial charge is 0.378 e. The predicted molar refractivity (Wildman–Crippen MR) is 84.9 cm³/mol. The number of rotatable bonds is 3. The molecule has 2 aromatic rings. The van der Waals surface area contributed by atoms with Gasteiger partial charge in [0.2, 0.25) is 0 Å². The Bertz CT molecular complexity index is 807. The number of nitrogens with one attached hydrogen (secondary N) is 1. The summed E-state index contributed by atoms with van der Waals surface area (Å²) >= 11 is 0. The van der Waals surface area contributed by atoms with Crippen LogP contribution in [0.3, 0.4) is 0 Å². The molecule has 0 saturated heterocycles. The van der Waals surface area contributed by atoms with Crippen molar-refractivity contribution in [2.75, 3.05) is 24.3 Å². The van der Waals surface area contributed by atoms with Crippen LogP contribution in [0, 0.1) is 11.3 Å². The molecular formula is C17H14F3N3O. The molecule has 7 heteroatoms. The topological polar surface area (TPSA) is 56.1 Å². The van der Waals surface area contributed by atoms with Crippen molar-refractivity contribution < 1.29 is 18.0 Å². The van der Waals surface area contributed by atoms with Gasteiger partial charge in [-0.05, 0) is 36.4 Å². The molecule has 0 bridgehead atoms. The van der Waals surface area contributed by atoms with Gasteiger partial charge in [-0.25, -0.2) is 0 Å². The number of carbonyl (C=O) groups is 1. The summed E-state index contributed by atoms with van der Waals surface area (Å²) in [6.07, 6.45) is -4.61. The molecule has 0 aliphatic rings. The predicted octanol–water partition coefficient (Wildman–Crippen LogP) is 3.90. The molecule has 24 heavy (non-hydrogen) atoms. The van der Waals surface area contributed by atoms with Crippen LogP contribution in [0.1, 0.15) is 21.5 Å². The van der Waals surface area contributed by atoms with Gasteiger partial charge < -0.3 is 10.2 Å². The lowest BCUT2D eigenvalue weighted by Gasteiger charge is -2.18. The van der Waals surface area contributed by atoms with Gasteiger partial charge >= 0.3 is 6.18 Å². The summed E-state index contributed by atoms with van der Waals surface area (Å²) in [5.74, 6) is -0.713. The quantitative estimate of drug-likeness (QED) is 0.927. The number of alkyl halides is 3. The van der Waals surface area contributed by atoms with E-state index in [1.165, 1.54) is 41.3 Å². The minimum Gasteiger partial charge on any atom is -0.378 e. The SMILES string of the molecule is CN(C)c1ccc(NC(=O)c2cccc(C#N)c2)c(C(F)(F)F)c1. The number of amides is 1. The molecule has 0 heterocycles. The zero-order valence-corrected chi connectivity index (χ0v) is 13.0.